The highest BCUT2D eigenvalue weighted by atomic mass is 16.5. The van der Waals surface area contributed by atoms with Gasteiger partial charge in [0.2, 0.25) is 0 Å². The molecule has 1 aromatic rings. The Labute approximate surface area is 83.4 Å². The van der Waals surface area contributed by atoms with Crippen LogP contribution in [0.2, 0.25) is 0 Å². The van der Waals surface area contributed by atoms with Gasteiger partial charge < -0.3 is 15.6 Å². The lowest BCUT2D eigenvalue weighted by Crippen LogP contribution is -2.31. The van der Waals surface area contributed by atoms with E-state index in [2.05, 4.69) is 15.5 Å². The van der Waals surface area contributed by atoms with E-state index in [1.807, 2.05) is 20.8 Å². The van der Waals surface area contributed by atoms with Gasteiger partial charge in [-0.05, 0) is 20.8 Å². The summed E-state index contributed by atoms with van der Waals surface area (Å²) < 4.78 is 5.01. The molecule has 1 aromatic heterocycles. The first-order valence-electron chi connectivity index (χ1n) is 4.60. The Morgan fingerprint density at radius 1 is 1.57 bits per heavy atom. The zero-order valence-electron chi connectivity index (χ0n) is 8.79. The van der Waals surface area contributed by atoms with Crippen molar-refractivity contribution in [2.75, 3.05) is 6.54 Å². The highest BCUT2D eigenvalue weighted by Gasteiger charge is 2.07. The van der Waals surface area contributed by atoms with E-state index in [0.29, 0.717) is 12.5 Å². The molecule has 0 radical (unpaired) electrons. The Balaban J connectivity index is 2.65. The quantitative estimate of drug-likeness (QED) is 0.551. The van der Waals surface area contributed by atoms with Crippen LogP contribution in [0.25, 0.3) is 0 Å². The van der Waals surface area contributed by atoms with Crippen molar-refractivity contribution >= 4 is 5.96 Å². The molecule has 1 rings (SSSR count). The van der Waals surface area contributed by atoms with Gasteiger partial charge in [-0.3, -0.25) is 0 Å². The van der Waals surface area contributed by atoms with Crippen LogP contribution >= 0.6 is 0 Å². The maximum Gasteiger partial charge on any atom is 0.188 e. The molecule has 0 aliphatic heterocycles. The third-order valence-electron chi connectivity index (χ3n) is 1.95. The second-order valence-corrected chi connectivity index (χ2v) is 3.03. The maximum absolute atomic E-state index is 5.59. The summed E-state index contributed by atoms with van der Waals surface area (Å²) in [5.41, 5.74) is 7.47. The topological polar surface area (TPSA) is 76.4 Å². The zero-order chi connectivity index (χ0) is 10.6. The highest BCUT2D eigenvalue weighted by molar-refractivity contribution is 5.77. The minimum absolute atomic E-state index is 0.451. The fourth-order valence-electron chi connectivity index (χ4n) is 1.13. The van der Waals surface area contributed by atoms with E-state index >= 15 is 0 Å². The maximum atomic E-state index is 5.59. The lowest BCUT2D eigenvalue weighted by Gasteiger charge is -2.00. The average Bonchev–Trinajstić information content (AvgIpc) is 2.44. The van der Waals surface area contributed by atoms with Gasteiger partial charge in [-0.15, -0.1) is 0 Å². The molecule has 0 unspecified atom stereocenters. The van der Waals surface area contributed by atoms with Crippen molar-refractivity contribution in [1.82, 2.24) is 10.5 Å². The van der Waals surface area contributed by atoms with Crippen LogP contribution in [0.15, 0.2) is 9.52 Å². The van der Waals surface area contributed by atoms with Gasteiger partial charge in [0.15, 0.2) is 5.96 Å². The lowest BCUT2D eigenvalue weighted by molar-refractivity contribution is 0.392. The molecule has 78 valence electrons. The molecule has 0 fully saturated rings. The van der Waals surface area contributed by atoms with Crippen LogP contribution in [0.5, 0.6) is 0 Å². The molecule has 0 atom stereocenters. The van der Waals surface area contributed by atoms with Crippen molar-refractivity contribution in [3.63, 3.8) is 0 Å². The number of rotatable bonds is 3. The fraction of sp³-hybridized carbons (Fsp3) is 0.556. The van der Waals surface area contributed by atoms with Crippen LogP contribution in [0.4, 0.5) is 0 Å². The lowest BCUT2D eigenvalue weighted by atomic mass is 10.2. The van der Waals surface area contributed by atoms with Gasteiger partial charge >= 0.3 is 0 Å². The molecule has 0 aromatic carbocycles. The fourth-order valence-corrected chi connectivity index (χ4v) is 1.13. The van der Waals surface area contributed by atoms with Crippen molar-refractivity contribution in [2.45, 2.75) is 27.3 Å². The molecule has 0 aliphatic rings. The summed E-state index contributed by atoms with van der Waals surface area (Å²) in [5.74, 6) is 1.25. The van der Waals surface area contributed by atoms with E-state index in [1.54, 1.807) is 0 Å². The molecule has 0 bridgehead atoms. The summed E-state index contributed by atoms with van der Waals surface area (Å²) in [4.78, 5) is 4.16. The number of nitrogens with two attached hydrogens (primary N) is 1. The van der Waals surface area contributed by atoms with Crippen molar-refractivity contribution < 1.29 is 4.52 Å². The molecule has 1 heterocycles. The molecule has 0 spiro atoms. The van der Waals surface area contributed by atoms with Gasteiger partial charge in [0.05, 0.1) is 12.2 Å². The van der Waals surface area contributed by atoms with Gasteiger partial charge in [-0.2, -0.15) is 0 Å². The van der Waals surface area contributed by atoms with E-state index in [-0.39, 0.29) is 0 Å². The molecule has 0 saturated carbocycles. The van der Waals surface area contributed by atoms with Crippen molar-refractivity contribution in [1.29, 1.82) is 0 Å². The summed E-state index contributed by atoms with van der Waals surface area (Å²) in [7, 11) is 0. The average molecular weight is 196 g/mol. The molecular weight excluding hydrogens is 180 g/mol. The molecule has 0 amide bonds. The Bertz CT molecular complexity index is 310. The number of nitrogens with zero attached hydrogens (tertiary/aromatic N) is 2. The van der Waals surface area contributed by atoms with Crippen LogP contribution in [-0.2, 0) is 6.54 Å². The number of hydrogen-bond donors (Lipinski definition) is 2. The molecule has 14 heavy (non-hydrogen) atoms. The highest BCUT2D eigenvalue weighted by Crippen LogP contribution is 2.12. The standard InChI is InChI=1S/C9H16N4O/c1-4-11-9(10)12-5-8-6(2)13-14-7(8)3/h4-5H2,1-3H3,(H3,10,11,12). The smallest absolute Gasteiger partial charge is 0.188 e. The van der Waals surface area contributed by atoms with E-state index in [1.165, 1.54) is 0 Å². The molecule has 5 nitrogen and oxygen atoms in total. The first-order chi connectivity index (χ1) is 6.65. The summed E-state index contributed by atoms with van der Waals surface area (Å²) in [6, 6.07) is 0. The minimum Gasteiger partial charge on any atom is -0.370 e. The molecule has 0 saturated heterocycles. The molecule has 0 aliphatic carbocycles. The van der Waals surface area contributed by atoms with Crippen LogP contribution in [0.1, 0.15) is 23.9 Å². The SMILES string of the molecule is CCNC(N)=NCc1c(C)noc1C. The van der Waals surface area contributed by atoms with Gasteiger partial charge in [0.1, 0.15) is 5.76 Å². The Hall–Kier alpha value is -1.52. The van der Waals surface area contributed by atoms with Gasteiger partial charge in [0, 0.05) is 12.1 Å². The normalized spacial score (nSPS) is 11.8. The number of guanidine groups is 1. The summed E-state index contributed by atoms with van der Waals surface area (Å²) >= 11 is 0. The number of nitrogens with one attached hydrogen (secondary N) is 1. The molecular formula is C9H16N4O. The largest absolute Gasteiger partial charge is 0.370 e. The minimum atomic E-state index is 0.451. The Morgan fingerprint density at radius 2 is 2.29 bits per heavy atom. The van der Waals surface area contributed by atoms with E-state index in [4.69, 9.17) is 10.3 Å². The predicted molar refractivity (Wildman–Crippen MR) is 55.0 cm³/mol. The second kappa shape index (κ2) is 4.64. The third kappa shape index (κ3) is 2.48. The molecule has 3 N–H and O–H groups in total. The van der Waals surface area contributed by atoms with Gasteiger partial charge in [0.25, 0.3) is 0 Å². The van der Waals surface area contributed by atoms with Crippen molar-refractivity contribution in [2.24, 2.45) is 10.7 Å². The predicted octanol–water partition coefficient (Wildman–Crippen LogP) is 0.716. The van der Waals surface area contributed by atoms with Crippen LogP contribution in [-0.4, -0.2) is 17.7 Å². The number of hydrogen-bond acceptors (Lipinski definition) is 3. The third-order valence-corrected chi connectivity index (χ3v) is 1.95. The van der Waals surface area contributed by atoms with Gasteiger partial charge in [-0.1, -0.05) is 5.16 Å². The van der Waals surface area contributed by atoms with Crippen molar-refractivity contribution in [3.8, 4) is 0 Å². The Morgan fingerprint density at radius 3 is 2.79 bits per heavy atom. The van der Waals surface area contributed by atoms with Crippen LogP contribution in [0.3, 0.4) is 0 Å². The zero-order valence-corrected chi connectivity index (χ0v) is 8.79. The summed E-state index contributed by atoms with van der Waals surface area (Å²) in [5, 5.41) is 6.76. The first kappa shape index (κ1) is 10.6. The van der Waals surface area contributed by atoms with Crippen molar-refractivity contribution in [3.05, 3.63) is 17.0 Å². The number of aromatic nitrogens is 1. The monoisotopic (exact) mass is 196 g/mol. The number of aliphatic imine (C=N–C) groups is 1. The summed E-state index contributed by atoms with van der Waals surface area (Å²) in [6.07, 6.45) is 0. The summed E-state index contributed by atoms with van der Waals surface area (Å²) in [6.45, 7) is 7.02. The van der Waals surface area contributed by atoms with E-state index in [9.17, 15) is 0 Å². The van der Waals surface area contributed by atoms with Crippen LogP contribution < -0.4 is 11.1 Å². The molecule has 5 heteroatoms. The van der Waals surface area contributed by atoms with Crippen LogP contribution in [0, 0.1) is 13.8 Å². The van der Waals surface area contributed by atoms with E-state index < -0.39 is 0 Å². The Kier molecular flexibility index (Phi) is 3.50. The van der Waals surface area contributed by atoms with E-state index in [0.717, 1.165) is 23.6 Å². The second-order valence-electron chi connectivity index (χ2n) is 3.03. The van der Waals surface area contributed by atoms with Gasteiger partial charge in [-0.25, -0.2) is 4.99 Å². The first-order valence-corrected chi connectivity index (χ1v) is 4.60. The number of aryl methyl sites for hydroxylation is 2.